The van der Waals surface area contributed by atoms with Crippen LogP contribution in [0.25, 0.3) is 0 Å². The lowest BCUT2D eigenvalue weighted by Crippen LogP contribution is -2.32. The minimum atomic E-state index is 0.145. The van der Waals surface area contributed by atoms with Gasteiger partial charge in [0.2, 0.25) is 0 Å². The van der Waals surface area contributed by atoms with Crippen molar-refractivity contribution in [1.82, 2.24) is 4.90 Å². The quantitative estimate of drug-likeness (QED) is 0.856. The fourth-order valence-corrected chi connectivity index (χ4v) is 3.11. The molecule has 110 valence electrons. The van der Waals surface area contributed by atoms with Gasteiger partial charge < -0.3 is 10.6 Å². The number of amides is 1. The molecule has 0 aromatic heterocycles. The van der Waals surface area contributed by atoms with E-state index < -0.39 is 0 Å². The van der Waals surface area contributed by atoms with Gasteiger partial charge in [-0.3, -0.25) is 4.79 Å². The molecule has 1 heterocycles. The Morgan fingerprint density at radius 1 is 1.35 bits per heavy atom. The van der Waals surface area contributed by atoms with Crippen LogP contribution >= 0.6 is 0 Å². The van der Waals surface area contributed by atoms with Gasteiger partial charge >= 0.3 is 0 Å². The van der Waals surface area contributed by atoms with Crippen LogP contribution < -0.4 is 5.73 Å². The molecule has 1 aliphatic heterocycles. The average Bonchev–Trinajstić information content (AvgIpc) is 2.67. The van der Waals surface area contributed by atoms with E-state index in [1.54, 1.807) is 0 Å². The lowest BCUT2D eigenvalue weighted by Gasteiger charge is -2.22. The number of benzene rings is 1. The lowest BCUT2D eigenvalue weighted by molar-refractivity contribution is 0.0759. The number of rotatable bonds is 3. The van der Waals surface area contributed by atoms with E-state index in [-0.39, 0.29) is 5.91 Å². The Balaban J connectivity index is 2.07. The van der Waals surface area contributed by atoms with Gasteiger partial charge in [0.15, 0.2) is 0 Å². The third-order valence-electron chi connectivity index (χ3n) is 4.32. The number of aryl methyl sites for hydroxylation is 1. The van der Waals surface area contributed by atoms with E-state index in [2.05, 4.69) is 6.92 Å². The first-order valence-electron chi connectivity index (χ1n) is 7.77. The number of carbonyl (C=O) groups is 1. The molecule has 1 aromatic rings. The maximum Gasteiger partial charge on any atom is 0.254 e. The van der Waals surface area contributed by atoms with Crippen molar-refractivity contribution in [3.05, 3.63) is 29.3 Å². The molecule has 0 aliphatic carbocycles. The number of nitrogen functional groups attached to an aromatic ring is 1. The highest BCUT2D eigenvalue weighted by atomic mass is 16.2. The number of likely N-dealkylation sites (tertiary alicyclic amines) is 1. The highest BCUT2D eigenvalue weighted by Crippen LogP contribution is 2.24. The smallest absolute Gasteiger partial charge is 0.254 e. The van der Waals surface area contributed by atoms with Gasteiger partial charge in [0.1, 0.15) is 0 Å². The van der Waals surface area contributed by atoms with Crippen molar-refractivity contribution in [2.45, 2.75) is 46.0 Å². The molecule has 1 unspecified atom stereocenters. The molecule has 1 saturated heterocycles. The summed E-state index contributed by atoms with van der Waals surface area (Å²) in [6.45, 7) is 5.99. The Labute approximate surface area is 122 Å². The van der Waals surface area contributed by atoms with Crippen molar-refractivity contribution in [2.24, 2.45) is 5.92 Å². The fourth-order valence-electron chi connectivity index (χ4n) is 3.11. The molecule has 1 fully saturated rings. The molecule has 0 radical (unpaired) electrons. The second-order valence-corrected chi connectivity index (χ2v) is 5.95. The Morgan fingerprint density at radius 2 is 2.15 bits per heavy atom. The number of nitrogens with two attached hydrogens (primary N) is 1. The number of anilines is 1. The lowest BCUT2D eigenvalue weighted by atomic mass is 9.96. The van der Waals surface area contributed by atoms with Crippen LogP contribution in [0.1, 0.15) is 54.9 Å². The predicted molar refractivity (Wildman–Crippen MR) is 83.7 cm³/mol. The summed E-state index contributed by atoms with van der Waals surface area (Å²) >= 11 is 0. The highest BCUT2D eigenvalue weighted by Gasteiger charge is 2.22. The van der Waals surface area contributed by atoms with E-state index in [0.717, 1.165) is 43.0 Å². The van der Waals surface area contributed by atoms with Crippen molar-refractivity contribution in [3.63, 3.8) is 0 Å². The maximum absolute atomic E-state index is 12.7. The van der Waals surface area contributed by atoms with Crippen molar-refractivity contribution >= 4 is 11.6 Å². The van der Waals surface area contributed by atoms with Crippen LogP contribution in [-0.4, -0.2) is 23.9 Å². The van der Waals surface area contributed by atoms with Gasteiger partial charge in [-0.05, 0) is 49.8 Å². The Kier molecular flexibility index (Phi) is 5.05. The molecular formula is C17H26N2O. The van der Waals surface area contributed by atoms with Crippen LogP contribution in [0.2, 0.25) is 0 Å². The monoisotopic (exact) mass is 274 g/mol. The first-order chi connectivity index (χ1) is 9.61. The Hall–Kier alpha value is -1.51. The summed E-state index contributed by atoms with van der Waals surface area (Å²) in [5.74, 6) is 0.937. The van der Waals surface area contributed by atoms with Gasteiger partial charge in [-0.25, -0.2) is 0 Å². The van der Waals surface area contributed by atoms with Crippen molar-refractivity contribution in [2.75, 3.05) is 18.8 Å². The van der Waals surface area contributed by atoms with Gasteiger partial charge in [-0.1, -0.05) is 25.8 Å². The molecule has 0 saturated carbocycles. The molecule has 3 heteroatoms. The van der Waals surface area contributed by atoms with E-state index in [9.17, 15) is 4.79 Å². The zero-order valence-corrected chi connectivity index (χ0v) is 12.7. The van der Waals surface area contributed by atoms with Gasteiger partial charge in [0.05, 0.1) is 0 Å². The minimum Gasteiger partial charge on any atom is -0.399 e. The molecule has 1 amide bonds. The van der Waals surface area contributed by atoms with Crippen LogP contribution in [0, 0.1) is 12.8 Å². The molecule has 0 bridgehead atoms. The predicted octanol–water partition coefficient (Wildman–Crippen LogP) is 3.62. The summed E-state index contributed by atoms with van der Waals surface area (Å²) in [5.41, 5.74) is 8.26. The first kappa shape index (κ1) is 14.9. The summed E-state index contributed by atoms with van der Waals surface area (Å²) < 4.78 is 0. The fraction of sp³-hybridized carbons (Fsp3) is 0.588. The number of carbonyl (C=O) groups excluding carboxylic acids is 1. The standard InChI is InChI=1S/C17H26N2O/c1-3-5-14-6-4-10-19(11-9-14)17(20)16-12-15(18)8-7-13(16)2/h7-8,12,14H,3-6,9-11,18H2,1-2H3. The summed E-state index contributed by atoms with van der Waals surface area (Å²) in [6.07, 6.45) is 6.05. The summed E-state index contributed by atoms with van der Waals surface area (Å²) in [5, 5.41) is 0. The van der Waals surface area contributed by atoms with Gasteiger partial charge in [-0.15, -0.1) is 0 Å². The molecule has 1 atom stereocenters. The number of hydrogen-bond donors (Lipinski definition) is 1. The van der Waals surface area contributed by atoms with Crippen LogP contribution in [0.3, 0.4) is 0 Å². The van der Waals surface area contributed by atoms with Crippen molar-refractivity contribution < 1.29 is 4.79 Å². The first-order valence-corrected chi connectivity index (χ1v) is 7.77. The van der Waals surface area contributed by atoms with Crippen LogP contribution in [0.15, 0.2) is 18.2 Å². The second kappa shape index (κ2) is 6.78. The molecule has 1 aliphatic rings. The van der Waals surface area contributed by atoms with E-state index in [0.29, 0.717) is 5.69 Å². The zero-order chi connectivity index (χ0) is 14.5. The minimum absolute atomic E-state index is 0.145. The number of hydrogen-bond acceptors (Lipinski definition) is 2. The molecule has 0 spiro atoms. The average molecular weight is 274 g/mol. The van der Waals surface area contributed by atoms with E-state index in [1.165, 1.54) is 19.3 Å². The summed E-state index contributed by atoms with van der Waals surface area (Å²) in [7, 11) is 0. The normalized spacial score (nSPS) is 19.7. The van der Waals surface area contributed by atoms with Crippen LogP contribution in [-0.2, 0) is 0 Å². The van der Waals surface area contributed by atoms with E-state index in [4.69, 9.17) is 5.73 Å². The van der Waals surface area contributed by atoms with E-state index in [1.807, 2.05) is 30.0 Å². The third kappa shape index (κ3) is 3.53. The van der Waals surface area contributed by atoms with Gasteiger partial charge in [0.25, 0.3) is 5.91 Å². The van der Waals surface area contributed by atoms with Gasteiger partial charge in [0, 0.05) is 24.3 Å². The SMILES string of the molecule is CCCC1CCCN(C(=O)c2cc(N)ccc2C)CC1. The molecule has 2 N–H and O–H groups in total. The maximum atomic E-state index is 12.7. The Morgan fingerprint density at radius 3 is 2.90 bits per heavy atom. The summed E-state index contributed by atoms with van der Waals surface area (Å²) in [6, 6.07) is 5.60. The second-order valence-electron chi connectivity index (χ2n) is 5.95. The van der Waals surface area contributed by atoms with Gasteiger partial charge in [-0.2, -0.15) is 0 Å². The molecule has 1 aromatic carbocycles. The number of nitrogens with zero attached hydrogens (tertiary/aromatic N) is 1. The highest BCUT2D eigenvalue weighted by molar-refractivity contribution is 5.96. The van der Waals surface area contributed by atoms with E-state index >= 15 is 0 Å². The van der Waals surface area contributed by atoms with Crippen LogP contribution in [0.5, 0.6) is 0 Å². The zero-order valence-electron chi connectivity index (χ0n) is 12.7. The Bertz CT molecular complexity index is 470. The largest absolute Gasteiger partial charge is 0.399 e. The third-order valence-corrected chi connectivity index (χ3v) is 4.32. The van der Waals surface area contributed by atoms with Crippen molar-refractivity contribution in [1.29, 1.82) is 0 Å². The van der Waals surface area contributed by atoms with Crippen molar-refractivity contribution in [3.8, 4) is 0 Å². The molecule has 2 rings (SSSR count). The van der Waals surface area contributed by atoms with Crippen LogP contribution in [0.4, 0.5) is 5.69 Å². The molecule has 20 heavy (non-hydrogen) atoms. The molecule has 3 nitrogen and oxygen atoms in total. The summed E-state index contributed by atoms with van der Waals surface area (Å²) in [4.78, 5) is 14.7. The topological polar surface area (TPSA) is 46.3 Å². The molecular weight excluding hydrogens is 248 g/mol.